The number of nitrogens with one attached hydrogen (secondary N) is 1. The zero-order valence-corrected chi connectivity index (χ0v) is 14.8. The molecule has 0 aliphatic carbocycles. The van der Waals surface area contributed by atoms with Crippen LogP contribution in [-0.4, -0.2) is 36.0 Å². The van der Waals surface area contributed by atoms with Crippen LogP contribution in [0.5, 0.6) is 0 Å². The lowest BCUT2D eigenvalue weighted by Crippen LogP contribution is -2.32. The molecule has 1 N–H and O–H groups in total. The first-order valence-corrected chi connectivity index (χ1v) is 9.02. The fourth-order valence-electron chi connectivity index (χ4n) is 3.63. The number of ether oxygens (including phenoxy) is 1. The summed E-state index contributed by atoms with van der Waals surface area (Å²) in [6.45, 7) is 3.90. The highest BCUT2D eigenvalue weighted by Crippen LogP contribution is 2.28. The number of carbonyl (C=O) groups excluding carboxylic acids is 2. The lowest BCUT2D eigenvalue weighted by molar-refractivity contribution is 0.0544. The van der Waals surface area contributed by atoms with Gasteiger partial charge >= 0.3 is 0 Å². The number of amides is 2. The Labute approximate surface area is 153 Å². The van der Waals surface area contributed by atoms with E-state index in [0.717, 1.165) is 36.3 Å². The van der Waals surface area contributed by atoms with Gasteiger partial charge in [0.05, 0.1) is 17.2 Å². The van der Waals surface area contributed by atoms with Crippen molar-refractivity contribution >= 4 is 17.5 Å². The molecular weight excluding hydrogens is 328 g/mol. The standard InChI is InChI=1S/C21H22N2O3/c1-14-7-9-16(10-8-14)22-20(24)18-6-2-4-15-12-23(21(25)19(15)18)13-17-5-3-11-26-17/h2,4,6-10,17H,3,5,11-13H2,1H3,(H,22,24)/t17-/m0/s1. The number of anilines is 1. The van der Waals surface area contributed by atoms with Gasteiger partial charge in [-0.05, 0) is 43.5 Å². The smallest absolute Gasteiger partial charge is 0.256 e. The predicted octanol–water partition coefficient (Wildman–Crippen LogP) is 3.38. The van der Waals surface area contributed by atoms with Crippen molar-refractivity contribution in [3.05, 3.63) is 64.7 Å². The van der Waals surface area contributed by atoms with Crippen molar-refractivity contribution in [1.82, 2.24) is 4.90 Å². The molecule has 2 heterocycles. The Morgan fingerprint density at radius 1 is 1.23 bits per heavy atom. The van der Waals surface area contributed by atoms with E-state index in [1.54, 1.807) is 11.0 Å². The molecule has 5 nitrogen and oxygen atoms in total. The van der Waals surface area contributed by atoms with E-state index in [1.807, 2.05) is 43.3 Å². The minimum atomic E-state index is -0.252. The molecule has 5 heteroatoms. The summed E-state index contributed by atoms with van der Waals surface area (Å²) in [6.07, 6.45) is 2.14. The van der Waals surface area contributed by atoms with Gasteiger partial charge in [0, 0.05) is 25.4 Å². The summed E-state index contributed by atoms with van der Waals surface area (Å²) in [4.78, 5) is 27.4. The normalized spacial score (nSPS) is 18.9. The first-order valence-electron chi connectivity index (χ1n) is 9.02. The predicted molar refractivity (Wildman–Crippen MR) is 99.3 cm³/mol. The van der Waals surface area contributed by atoms with Crippen LogP contribution in [0.1, 0.15) is 44.7 Å². The van der Waals surface area contributed by atoms with Crippen LogP contribution in [0.25, 0.3) is 0 Å². The molecule has 2 aromatic rings. The van der Waals surface area contributed by atoms with Gasteiger partial charge in [-0.15, -0.1) is 0 Å². The quantitative estimate of drug-likeness (QED) is 0.920. The monoisotopic (exact) mass is 350 g/mol. The Kier molecular flexibility index (Phi) is 4.47. The molecule has 0 unspecified atom stereocenters. The molecule has 0 bridgehead atoms. The Morgan fingerprint density at radius 3 is 2.77 bits per heavy atom. The number of rotatable bonds is 4. The van der Waals surface area contributed by atoms with Crippen LogP contribution in [0.15, 0.2) is 42.5 Å². The van der Waals surface area contributed by atoms with Crippen LogP contribution in [0.3, 0.4) is 0 Å². The fraction of sp³-hybridized carbons (Fsp3) is 0.333. The number of carbonyl (C=O) groups is 2. The molecule has 0 aromatic heterocycles. The van der Waals surface area contributed by atoms with Gasteiger partial charge in [-0.2, -0.15) is 0 Å². The van der Waals surface area contributed by atoms with E-state index in [2.05, 4.69) is 5.32 Å². The molecule has 1 atom stereocenters. The van der Waals surface area contributed by atoms with Gasteiger partial charge in [0.15, 0.2) is 0 Å². The average molecular weight is 350 g/mol. The van der Waals surface area contributed by atoms with Gasteiger partial charge in [-0.3, -0.25) is 9.59 Å². The van der Waals surface area contributed by atoms with Crippen molar-refractivity contribution in [1.29, 1.82) is 0 Å². The van der Waals surface area contributed by atoms with Crippen LogP contribution >= 0.6 is 0 Å². The number of hydrogen-bond acceptors (Lipinski definition) is 3. The Balaban J connectivity index is 1.54. The van der Waals surface area contributed by atoms with Gasteiger partial charge in [0.25, 0.3) is 11.8 Å². The highest BCUT2D eigenvalue weighted by molar-refractivity contribution is 6.13. The molecule has 2 aliphatic rings. The van der Waals surface area contributed by atoms with Gasteiger partial charge in [0.2, 0.25) is 0 Å². The highest BCUT2D eigenvalue weighted by Gasteiger charge is 2.33. The minimum absolute atomic E-state index is 0.0786. The Bertz CT molecular complexity index is 839. The largest absolute Gasteiger partial charge is 0.376 e. The van der Waals surface area contributed by atoms with Crippen molar-refractivity contribution < 1.29 is 14.3 Å². The molecule has 0 spiro atoms. The molecule has 2 aliphatic heterocycles. The molecule has 2 aromatic carbocycles. The summed E-state index contributed by atoms with van der Waals surface area (Å²) < 4.78 is 5.66. The number of fused-ring (bicyclic) bond motifs is 1. The maximum Gasteiger partial charge on any atom is 0.256 e. The number of nitrogens with zero attached hydrogens (tertiary/aromatic N) is 1. The van der Waals surface area contributed by atoms with Crippen LogP contribution in [0.4, 0.5) is 5.69 Å². The zero-order valence-electron chi connectivity index (χ0n) is 14.8. The third-order valence-electron chi connectivity index (χ3n) is 5.02. The average Bonchev–Trinajstić information content (AvgIpc) is 3.26. The third-order valence-corrected chi connectivity index (χ3v) is 5.02. The molecule has 134 valence electrons. The third kappa shape index (κ3) is 3.22. The second-order valence-electron chi connectivity index (χ2n) is 6.98. The van der Waals surface area contributed by atoms with Gasteiger partial charge in [0.1, 0.15) is 0 Å². The highest BCUT2D eigenvalue weighted by atomic mass is 16.5. The van der Waals surface area contributed by atoms with E-state index < -0.39 is 0 Å². The van der Waals surface area contributed by atoms with E-state index in [4.69, 9.17) is 4.74 Å². The van der Waals surface area contributed by atoms with Crippen LogP contribution in [0, 0.1) is 6.92 Å². The van der Waals surface area contributed by atoms with E-state index in [1.165, 1.54) is 0 Å². The lowest BCUT2D eigenvalue weighted by Gasteiger charge is -2.19. The summed E-state index contributed by atoms with van der Waals surface area (Å²) >= 11 is 0. The van der Waals surface area contributed by atoms with E-state index in [-0.39, 0.29) is 17.9 Å². The number of hydrogen-bond donors (Lipinski definition) is 1. The van der Waals surface area contributed by atoms with Gasteiger partial charge in [-0.25, -0.2) is 0 Å². The molecule has 0 radical (unpaired) electrons. The number of benzene rings is 2. The second kappa shape index (κ2) is 6.92. The van der Waals surface area contributed by atoms with Crippen LogP contribution < -0.4 is 5.32 Å². The number of aryl methyl sites for hydroxylation is 1. The summed E-state index contributed by atoms with van der Waals surface area (Å²) in [5, 5.41) is 2.89. The lowest BCUT2D eigenvalue weighted by atomic mass is 10.0. The molecule has 4 rings (SSSR count). The van der Waals surface area contributed by atoms with Crippen molar-refractivity contribution in [2.24, 2.45) is 0 Å². The maximum atomic E-state index is 12.9. The first kappa shape index (κ1) is 16.8. The van der Waals surface area contributed by atoms with E-state index in [9.17, 15) is 9.59 Å². The first-order chi connectivity index (χ1) is 12.6. The van der Waals surface area contributed by atoms with Crippen molar-refractivity contribution in [2.75, 3.05) is 18.5 Å². The van der Waals surface area contributed by atoms with Crippen molar-refractivity contribution in [3.8, 4) is 0 Å². The van der Waals surface area contributed by atoms with Gasteiger partial charge in [-0.1, -0.05) is 29.8 Å². The molecule has 26 heavy (non-hydrogen) atoms. The molecule has 1 saturated heterocycles. The fourth-order valence-corrected chi connectivity index (χ4v) is 3.63. The van der Waals surface area contributed by atoms with Crippen molar-refractivity contribution in [2.45, 2.75) is 32.4 Å². The van der Waals surface area contributed by atoms with E-state index >= 15 is 0 Å². The molecular formula is C21H22N2O3. The minimum Gasteiger partial charge on any atom is -0.376 e. The zero-order chi connectivity index (χ0) is 18.1. The SMILES string of the molecule is Cc1ccc(NC(=O)c2cccc3c2C(=O)N(C[C@@H]2CCCO2)C3)cc1. The molecule has 2 amide bonds. The van der Waals surface area contributed by atoms with E-state index in [0.29, 0.717) is 24.2 Å². The second-order valence-corrected chi connectivity index (χ2v) is 6.98. The van der Waals surface area contributed by atoms with Crippen LogP contribution in [0.2, 0.25) is 0 Å². The summed E-state index contributed by atoms with van der Waals surface area (Å²) in [7, 11) is 0. The summed E-state index contributed by atoms with van der Waals surface area (Å²) in [5.74, 6) is -0.330. The summed E-state index contributed by atoms with van der Waals surface area (Å²) in [6, 6.07) is 13.1. The Morgan fingerprint density at radius 2 is 2.04 bits per heavy atom. The molecule has 0 saturated carbocycles. The topological polar surface area (TPSA) is 58.6 Å². The summed E-state index contributed by atoms with van der Waals surface area (Å²) in [5.41, 5.74) is 3.71. The van der Waals surface area contributed by atoms with Crippen LogP contribution in [-0.2, 0) is 11.3 Å². The Hall–Kier alpha value is -2.66. The van der Waals surface area contributed by atoms with Crippen molar-refractivity contribution in [3.63, 3.8) is 0 Å². The van der Waals surface area contributed by atoms with Gasteiger partial charge < -0.3 is 15.0 Å². The maximum absolute atomic E-state index is 12.9. The molecule has 1 fully saturated rings.